The third-order valence-electron chi connectivity index (χ3n) is 7.27. The van der Waals surface area contributed by atoms with E-state index in [2.05, 4.69) is 35.3 Å². The minimum atomic E-state index is -0.458. The fourth-order valence-electron chi connectivity index (χ4n) is 4.95. The number of halogens is 1. The fourth-order valence-corrected chi connectivity index (χ4v) is 5.19. The molecule has 2 aliphatic rings. The van der Waals surface area contributed by atoms with Crippen LogP contribution in [0, 0.1) is 5.41 Å². The number of nitrogens with two attached hydrogens (primary N) is 1. The van der Waals surface area contributed by atoms with Crippen molar-refractivity contribution in [2.24, 2.45) is 11.1 Å². The Morgan fingerprint density at radius 2 is 2.08 bits per heavy atom. The van der Waals surface area contributed by atoms with E-state index in [1.54, 1.807) is 24.4 Å². The molecule has 2 fully saturated rings. The summed E-state index contributed by atoms with van der Waals surface area (Å²) in [6, 6.07) is 5.04. The first-order valence-corrected chi connectivity index (χ1v) is 12.6. The Morgan fingerprint density at radius 3 is 2.82 bits per heavy atom. The molecule has 1 aromatic carbocycles. The summed E-state index contributed by atoms with van der Waals surface area (Å²) in [5.41, 5.74) is 7.82. The van der Waals surface area contributed by atoms with Gasteiger partial charge in [-0.3, -0.25) is 14.4 Å². The third-order valence-corrected chi connectivity index (χ3v) is 7.67. The molecule has 5 heterocycles. The van der Waals surface area contributed by atoms with E-state index >= 15 is 0 Å². The van der Waals surface area contributed by atoms with Crippen molar-refractivity contribution in [2.45, 2.75) is 31.9 Å². The van der Waals surface area contributed by atoms with Crippen molar-refractivity contribution >= 4 is 40.4 Å². The van der Waals surface area contributed by atoms with Crippen LogP contribution in [0.5, 0.6) is 0 Å². The lowest BCUT2D eigenvalue weighted by atomic mass is 9.73. The molecule has 38 heavy (non-hydrogen) atoms. The summed E-state index contributed by atoms with van der Waals surface area (Å²) in [5.74, 6) is 0.249. The lowest BCUT2D eigenvalue weighted by Crippen LogP contribution is -2.50. The maximum absolute atomic E-state index is 12.5. The van der Waals surface area contributed by atoms with Crippen LogP contribution in [0.2, 0.25) is 5.02 Å². The van der Waals surface area contributed by atoms with Crippen LogP contribution in [0.25, 0.3) is 17.0 Å². The van der Waals surface area contributed by atoms with E-state index in [-0.39, 0.29) is 34.0 Å². The number of H-pyrrole nitrogens is 1. The zero-order valence-corrected chi connectivity index (χ0v) is 21.3. The Hall–Kier alpha value is -3.94. The van der Waals surface area contributed by atoms with Gasteiger partial charge in [-0.15, -0.1) is 0 Å². The minimum Gasteiger partial charge on any atom is -0.376 e. The summed E-state index contributed by atoms with van der Waals surface area (Å²) in [4.78, 5) is 32.7. The normalized spacial score (nSPS) is 20.7. The summed E-state index contributed by atoms with van der Waals surface area (Å²) in [6.45, 7) is 4.34. The molecular formula is C24H26ClN9O4. The predicted molar refractivity (Wildman–Crippen MR) is 138 cm³/mol. The molecule has 1 amide bonds. The molecule has 2 saturated heterocycles. The van der Waals surface area contributed by atoms with E-state index in [9.17, 15) is 4.79 Å². The zero-order valence-electron chi connectivity index (χ0n) is 20.5. The van der Waals surface area contributed by atoms with Crippen LogP contribution in [0.1, 0.15) is 30.3 Å². The van der Waals surface area contributed by atoms with Crippen molar-refractivity contribution in [2.75, 3.05) is 29.9 Å². The molecule has 0 saturated carbocycles. The van der Waals surface area contributed by atoms with Gasteiger partial charge in [0.1, 0.15) is 17.2 Å². The molecule has 0 bridgehead atoms. The Labute approximate surface area is 221 Å². The minimum absolute atomic E-state index is 0.0182. The molecule has 6 rings (SSSR count). The van der Waals surface area contributed by atoms with Crippen molar-refractivity contribution in [3.63, 3.8) is 0 Å². The first kappa shape index (κ1) is 24.4. The number of nitrogens with zero attached hydrogens (tertiary/aromatic N) is 6. The van der Waals surface area contributed by atoms with Gasteiger partial charge in [0.25, 0.3) is 11.6 Å². The number of hydrogen-bond acceptors (Lipinski definition) is 10. The summed E-state index contributed by atoms with van der Waals surface area (Å²) in [5, 5.41) is 5.66. The number of ether oxygens (including phenoxy) is 1. The molecule has 1 spiro atoms. The Bertz CT molecular complexity index is 1500. The van der Waals surface area contributed by atoms with E-state index in [1.165, 1.54) is 18.6 Å². The highest BCUT2D eigenvalue weighted by Crippen LogP contribution is 2.41. The van der Waals surface area contributed by atoms with Crippen molar-refractivity contribution in [1.82, 2.24) is 30.0 Å². The molecule has 2 atom stereocenters. The maximum Gasteiger partial charge on any atom is 0.296 e. The lowest BCUT2D eigenvalue weighted by Gasteiger charge is -2.41. The number of nitrogens with one attached hydrogen (secondary N) is 2. The number of aromatic amines is 1. The molecular weight excluding hydrogens is 514 g/mol. The van der Waals surface area contributed by atoms with E-state index in [0.717, 1.165) is 30.8 Å². The standard InChI is InChI=1S/C24H26ClN9O4/c1-14-20(26)24(13-36-14)5-9-33(10-6-24)18-12-29-23-21(31-18)32-38-34(37-23)17-4-2-3-15(19(17)25)30-22(35)16-11-27-7-8-28-16/h2-4,7-8,11-12,14,20H,5-6,9-10,13,26H2,1H3,(H,30,35)(H,31,32)/t14-,20+/m0/s1. The number of rotatable bonds is 4. The monoisotopic (exact) mass is 539 g/mol. The van der Waals surface area contributed by atoms with Crippen molar-refractivity contribution in [1.29, 1.82) is 0 Å². The summed E-state index contributed by atoms with van der Waals surface area (Å²) >= 11 is 6.56. The first-order chi connectivity index (χ1) is 18.4. The number of carbonyl (C=O) groups excluding carboxylic acids is 1. The zero-order chi connectivity index (χ0) is 26.3. The fraction of sp³-hybridized carbons (Fsp3) is 0.375. The number of anilines is 2. The van der Waals surface area contributed by atoms with Gasteiger partial charge in [-0.05, 0) is 36.8 Å². The largest absolute Gasteiger partial charge is 0.376 e. The second-order valence-electron chi connectivity index (χ2n) is 9.50. The second-order valence-corrected chi connectivity index (χ2v) is 9.88. The van der Waals surface area contributed by atoms with Gasteiger partial charge in [-0.2, -0.15) is 5.16 Å². The number of aromatic nitrogens is 6. The summed E-state index contributed by atoms with van der Waals surface area (Å²) in [7, 11) is 0. The van der Waals surface area contributed by atoms with Crippen LogP contribution in [-0.2, 0) is 4.74 Å². The second kappa shape index (κ2) is 9.74. The van der Waals surface area contributed by atoms with Crippen LogP contribution in [0.4, 0.5) is 11.5 Å². The molecule has 2 aliphatic heterocycles. The van der Waals surface area contributed by atoms with Gasteiger partial charge in [0, 0.05) is 36.9 Å². The quantitative estimate of drug-likeness (QED) is 0.350. The molecule has 3 aromatic heterocycles. The molecule has 0 unspecified atom stereocenters. The number of carbonyl (C=O) groups is 1. The summed E-state index contributed by atoms with van der Waals surface area (Å²) in [6.07, 6.45) is 7.86. The third kappa shape index (κ3) is 4.38. The molecule has 13 nitrogen and oxygen atoms in total. The first-order valence-electron chi connectivity index (χ1n) is 12.2. The van der Waals surface area contributed by atoms with Crippen LogP contribution in [0.3, 0.4) is 0 Å². The Morgan fingerprint density at radius 1 is 1.24 bits per heavy atom. The molecule has 0 aliphatic carbocycles. The van der Waals surface area contributed by atoms with Gasteiger partial charge in [-0.1, -0.05) is 17.7 Å². The Balaban J connectivity index is 1.21. The van der Waals surface area contributed by atoms with E-state index in [4.69, 9.17) is 31.2 Å². The van der Waals surface area contributed by atoms with Gasteiger partial charge in [-0.25, -0.2) is 15.0 Å². The van der Waals surface area contributed by atoms with Gasteiger partial charge in [0.2, 0.25) is 5.65 Å². The van der Waals surface area contributed by atoms with Gasteiger partial charge < -0.3 is 25.2 Å². The van der Waals surface area contributed by atoms with E-state index in [0.29, 0.717) is 29.4 Å². The van der Waals surface area contributed by atoms with Crippen molar-refractivity contribution < 1.29 is 18.7 Å². The smallest absolute Gasteiger partial charge is 0.296 e. The highest BCUT2D eigenvalue weighted by Gasteiger charge is 2.47. The van der Waals surface area contributed by atoms with Crippen LogP contribution in [-0.4, -0.2) is 67.8 Å². The van der Waals surface area contributed by atoms with Gasteiger partial charge in [0.15, 0.2) is 0 Å². The molecule has 4 N–H and O–H groups in total. The molecule has 198 valence electrons. The van der Waals surface area contributed by atoms with Crippen LogP contribution in [0.15, 0.2) is 52.1 Å². The lowest BCUT2D eigenvalue weighted by molar-refractivity contribution is 0.0713. The van der Waals surface area contributed by atoms with Crippen molar-refractivity contribution in [3.05, 3.63) is 53.7 Å². The van der Waals surface area contributed by atoms with E-state index < -0.39 is 5.91 Å². The number of benzene rings is 1. The Kier molecular flexibility index (Phi) is 6.26. The van der Waals surface area contributed by atoms with Gasteiger partial charge in [0.05, 0.1) is 35.8 Å². The maximum atomic E-state index is 12.5. The number of hydrogen-bond donors (Lipinski definition) is 3. The highest BCUT2D eigenvalue weighted by atomic mass is 35.5. The molecule has 4 aromatic rings. The number of piperidine rings is 1. The molecule has 0 radical (unpaired) electrons. The van der Waals surface area contributed by atoms with Gasteiger partial charge >= 0.3 is 0 Å². The predicted octanol–water partition coefficient (Wildman–Crippen LogP) is 3.09. The highest BCUT2D eigenvalue weighted by molar-refractivity contribution is 6.35. The van der Waals surface area contributed by atoms with Crippen LogP contribution < -0.4 is 16.0 Å². The van der Waals surface area contributed by atoms with Crippen molar-refractivity contribution in [3.8, 4) is 5.69 Å². The molecule has 14 heteroatoms. The van der Waals surface area contributed by atoms with E-state index in [1.807, 2.05) is 6.92 Å². The average molecular weight is 540 g/mol. The number of amides is 1. The topological polar surface area (TPSA) is 166 Å². The SMILES string of the molecule is C[C@@H]1OCC2(CCN(c3cnc4on(-c5cccc(NC(=O)c6cnccn6)c5Cl)o[nH]c4n3)CC2)[C@@H]1N. The average Bonchev–Trinajstić information content (AvgIpc) is 3.23. The van der Waals surface area contributed by atoms with Crippen LogP contribution >= 0.6 is 11.6 Å². The summed E-state index contributed by atoms with van der Waals surface area (Å²) < 4.78 is 17.2. The number of fused-ring (bicyclic) bond motifs is 1.